The molecule has 2 amide bonds. The standard InChI is InChI=1S/C14H26N2O3S/c1-5-7-8-15(6-2)14(19)16-11(13(17)18)9-20-12(16)10(3)4/h10-12H,5-9H2,1-4H3,(H,17,18). The molecule has 0 radical (unpaired) electrons. The maximum atomic E-state index is 12.7. The van der Waals surface area contributed by atoms with Crippen LogP contribution < -0.4 is 0 Å². The maximum absolute atomic E-state index is 12.7. The van der Waals surface area contributed by atoms with Crippen LogP contribution in [0.25, 0.3) is 0 Å². The number of hydrogen-bond acceptors (Lipinski definition) is 3. The molecule has 1 aliphatic heterocycles. The number of amides is 2. The molecule has 0 aliphatic carbocycles. The number of aliphatic carboxylic acids is 1. The van der Waals surface area contributed by atoms with Crippen molar-refractivity contribution in [2.45, 2.75) is 52.0 Å². The van der Waals surface area contributed by atoms with Crippen LogP contribution in [0.15, 0.2) is 0 Å². The highest BCUT2D eigenvalue weighted by Crippen LogP contribution is 2.34. The van der Waals surface area contributed by atoms with Crippen molar-refractivity contribution in [3.8, 4) is 0 Å². The number of carboxylic acids is 1. The average molecular weight is 302 g/mol. The number of urea groups is 1. The van der Waals surface area contributed by atoms with E-state index in [1.165, 1.54) is 0 Å². The van der Waals surface area contributed by atoms with Gasteiger partial charge in [-0.2, -0.15) is 0 Å². The predicted octanol–water partition coefficient (Wildman–Crippen LogP) is 2.71. The van der Waals surface area contributed by atoms with E-state index in [-0.39, 0.29) is 17.3 Å². The minimum atomic E-state index is -0.902. The first-order valence-corrected chi connectivity index (χ1v) is 8.40. The number of rotatable bonds is 6. The molecule has 5 nitrogen and oxygen atoms in total. The van der Waals surface area contributed by atoms with Gasteiger partial charge in [-0.3, -0.25) is 4.90 Å². The van der Waals surface area contributed by atoms with Gasteiger partial charge in [0.1, 0.15) is 6.04 Å². The molecule has 2 atom stereocenters. The summed E-state index contributed by atoms with van der Waals surface area (Å²) in [4.78, 5) is 27.4. The molecule has 0 aromatic carbocycles. The molecule has 0 bridgehead atoms. The second kappa shape index (κ2) is 7.76. The Hall–Kier alpha value is -0.910. The number of hydrogen-bond donors (Lipinski definition) is 1. The Morgan fingerprint density at radius 3 is 2.50 bits per heavy atom. The molecule has 6 heteroatoms. The number of carbonyl (C=O) groups is 2. The highest BCUT2D eigenvalue weighted by Gasteiger charge is 2.44. The van der Waals surface area contributed by atoms with E-state index in [0.29, 0.717) is 18.8 Å². The van der Waals surface area contributed by atoms with E-state index >= 15 is 0 Å². The van der Waals surface area contributed by atoms with Crippen molar-refractivity contribution in [1.29, 1.82) is 0 Å². The molecule has 0 spiro atoms. The SMILES string of the molecule is CCCCN(CC)C(=O)N1C(C(=O)O)CSC1C(C)C. The van der Waals surface area contributed by atoms with Crippen molar-refractivity contribution in [3.63, 3.8) is 0 Å². The summed E-state index contributed by atoms with van der Waals surface area (Å²) in [6.07, 6.45) is 1.97. The normalized spacial score (nSPS) is 22.4. The average Bonchev–Trinajstić information content (AvgIpc) is 2.84. The Morgan fingerprint density at radius 1 is 1.40 bits per heavy atom. The van der Waals surface area contributed by atoms with Crippen molar-refractivity contribution in [2.75, 3.05) is 18.8 Å². The van der Waals surface area contributed by atoms with Crippen LogP contribution in [0.2, 0.25) is 0 Å². The van der Waals surface area contributed by atoms with Gasteiger partial charge in [-0.25, -0.2) is 9.59 Å². The van der Waals surface area contributed by atoms with E-state index < -0.39 is 12.0 Å². The molecule has 1 fully saturated rings. The molecule has 1 heterocycles. The van der Waals surface area contributed by atoms with Gasteiger partial charge in [-0.15, -0.1) is 11.8 Å². The summed E-state index contributed by atoms with van der Waals surface area (Å²) < 4.78 is 0. The first-order chi connectivity index (χ1) is 9.43. The summed E-state index contributed by atoms with van der Waals surface area (Å²) in [6, 6.07) is -0.826. The second-order valence-corrected chi connectivity index (χ2v) is 6.59. The van der Waals surface area contributed by atoms with Crippen molar-refractivity contribution >= 4 is 23.8 Å². The highest BCUT2D eigenvalue weighted by molar-refractivity contribution is 8.00. The van der Waals surface area contributed by atoms with Gasteiger partial charge in [0.25, 0.3) is 0 Å². The van der Waals surface area contributed by atoms with Crippen molar-refractivity contribution in [1.82, 2.24) is 9.80 Å². The maximum Gasteiger partial charge on any atom is 0.327 e. The lowest BCUT2D eigenvalue weighted by molar-refractivity contribution is -0.141. The Morgan fingerprint density at radius 2 is 2.05 bits per heavy atom. The van der Waals surface area contributed by atoms with Crippen molar-refractivity contribution in [2.24, 2.45) is 5.92 Å². The summed E-state index contributed by atoms with van der Waals surface area (Å²) in [7, 11) is 0. The highest BCUT2D eigenvalue weighted by atomic mass is 32.2. The van der Waals surface area contributed by atoms with E-state index in [4.69, 9.17) is 0 Å². The molecule has 0 aromatic heterocycles. The molecular formula is C14H26N2O3S. The van der Waals surface area contributed by atoms with Gasteiger partial charge in [-0.1, -0.05) is 27.2 Å². The third-order valence-electron chi connectivity index (χ3n) is 3.54. The van der Waals surface area contributed by atoms with E-state index in [0.717, 1.165) is 12.8 Å². The molecule has 116 valence electrons. The van der Waals surface area contributed by atoms with Gasteiger partial charge < -0.3 is 10.0 Å². The summed E-state index contributed by atoms with van der Waals surface area (Å²) >= 11 is 1.57. The molecule has 0 aromatic rings. The van der Waals surface area contributed by atoms with Gasteiger partial charge in [0.2, 0.25) is 0 Å². The van der Waals surface area contributed by atoms with Gasteiger partial charge in [0, 0.05) is 18.8 Å². The monoisotopic (exact) mass is 302 g/mol. The van der Waals surface area contributed by atoms with E-state index in [2.05, 4.69) is 6.92 Å². The minimum Gasteiger partial charge on any atom is -0.480 e. The number of carbonyl (C=O) groups excluding carboxylic acids is 1. The van der Waals surface area contributed by atoms with Crippen LogP contribution in [-0.4, -0.2) is 57.2 Å². The fourth-order valence-corrected chi connectivity index (χ4v) is 3.84. The van der Waals surface area contributed by atoms with Crippen molar-refractivity contribution in [3.05, 3.63) is 0 Å². The number of unbranched alkanes of at least 4 members (excludes halogenated alkanes) is 1. The van der Waals surface area contributed by atoms with Gasteiger partial charge in [0.15, 0.2) is 0 Å². The molecule has 1 aliphatic rings. The molecule has 20 heavy (non-hydrogen) atoms. The minimum absolute atomic E-state index is 0.0423. The molecule has 2 unspecified atom stereocenters. The molecule has 1 rings (SSSR count). The van der Waals surface area contributed by atoms with E-state index in [9.17, 15) is 14.7 Å². The first-order valence-electron chi connectivity index (χ1n) is 7.35. The fraction of sp³-hybridized carbons (Fsp3) is 0.857. The number of carboxylic acid groups (broad SMARTS) is 1. The van der Waals surface area contributed by atoms with Crippen LogP contribution in [0.1, 0.15) is 40.5 Å². The number of nitrogens with zero attached hydrogens (tertiary/aromatic N) is 2. The van der Waals surface area contributed by atoms with Crippen LogP contribution in [0.5, 0.6) is 0 Å². The topological polar surface area (TPSA) is 60.9 Å². The molecule has 0 saturated carbocycles. The van der Waals surface area contributed by atoms with Crippen LogP contribution >= 0.6 is 11.8 Å². The Labute approximate surface area is 125 Å². The van der Waals surface area contributed by atoms with Crippen LogP contribution in [-0.2, 0) is 4.79 Å². The van der Waals surface area contributed by atoms with Crippen LogP contribution in [0.3, 0.4) is 0 Å². The molecule has 1 N–H and O–H groups in total. The van der Waals surface area contributed by atoms with Gasteiger partial charge in [-0.05, 0) is 19.3 Å². The number of thioether (sulfide) groups is 1. The summed E-state index contributed by atoms with van der Waals surface area (Å²) in [5.74, 6) is -0.173. The lowest BCUT2D eigenvalue weighted by Gasteiger charge is -2.34. The van der Waals surface area contributed by atoms with E-state index in [1.54, 1.807) is 21.6 Å². The lowest BCUT2D eigenvalue weighted by atomic mass is 10.1. The second-order valence-electron chi connectivity index (χ2n) is 5.45. The summed E-state index contributed by atoms with van der Waals surface area (Å²) in [5.41, 5.74) is 0. The lowest BCUT2D eigenvalue weighted by Crippen LogP contribution is -2.52. The van der Waals surface area contributed by atoms with Gasteiger partial charge >= 0.3 is 12.0 Å². The van der Waals surface area contributed by atoms with Crippen LogP contribution in [0.4, 0.5) is 4.79 Å². The van der Waals surface area contributed by atoms with Gasteiger partial charge in [0.05, 0.1) is 5.37 Å². The largest absolute Gasteiger partial charge is 0.480 e. The third kappa shape index (κ3) is 3.81. The fourth-order valence-electron chi connectivity index (χ4n) is 2.38. The zero-order valence-corrected chi connectivity index (χ0v) is 13.7. The van der Waals surface area contributed by atoms with Crippen LogP contribution in [0, 0.1) is 5.92 Å². The Kier molecular flexibility index (Phi) is 6.65. The predicted molar refractivity (Wildman–Crippen MR) is 81.9 cm³/mol. The Balaban J connectivity index is 2.89. The third-order valence-corrected chi connectivity index (χ3v) is 5.17. The Bertz CT molecular complexity index is 349. The zero-order chi connectivity index (χ0) is 15.3. The quantitative estimate of drug-likeness (QED) is 0.819. The smallest absolute Gasteiger partial charge is 0.327 e. The van der Waals surface area contributed by atoms with Crippen molar-refractivity contribution < 1.29 is 14.7 Å². The summed E-state index contributed by atoms with van der Waals surface area (Å²) in [5, 5.41) is 9.29. The molecule has 1 saturated heterocycles. The molecular weight excluding hydrogens is 276 g/mol. The summed E-state index contributed by atoms with van der Waals surface area (Å²) in [6.45, 7) is 9.41. The van der Waals surface area contributed by atoms with E-state index in [1.807, 2.05) is 20.8 Å². The zero-order valence-electron chi connectivity index (χ0n) is 12.8. The first kappa shape index (κ1) is 17.1.